The van der Waals surface area contributed by atoms with Gasteiger partial charge in [-0.2, -0.15) is 11.8 Å². The van der Waals surface area contributed by atoms with Gasteiger partial charge in [0.15, 0.2) is 0 Å². The van der Waals surface area contributed by atoms with Crippen LogP contribution in [0.1, 0.15) is 6.92 Å². The number of rotatable bonds is 5. The molecule has 3 N–H and O–H groups in total. The van der Waals surface area contributed by atoms with Crippen molar-refractivity contribution in [1.82, 2.24) is 4.98 Å². The molecule has 0 amide bonds. The molecule has 6 nitrogen and oxygen atoms in total. The zero-order chi connectivity index (χ0) is 12.1. The monoisotopic (exact) mass is 242 g/mol. The summed E-state index contributed by atoms with van der Waals surface area (Å²) in [5, 5.41) is 14.0. The Balaban J connectivity index is 2.70. The summed E-state index contributed by atoms with van der Waals surface area (Å²) in [7, 11) is 0. The number of nitrogens with two attached hydrogens (primary N) is 1. The molecule has 0 radical (unpaired) electrons. The highest BCUT2D eigenvalue weighted by Gasteiger charge is 2.12. The molecule has 1 aromatic rings. The molecule has 0 aliphatic carbocycles. The number of nitrogens with zero attached hydrogens (tertiary/aromatic N) is 2. The Labute approximate surface area is 97.8 Å². The number of pyridine rings is 1. The highest BCUT2D eigenvalue weighted by molar-refractivity contribution is 7.99. The fourth-order valence-electron chi connectivity index (χ4n) is 1.05. The number of nitrogen functional groups attached to an aromatic ring is 1. The van der Waals surface area contributed by atoms with Crippen LogP contribution in [0.25, 0.3) is 0 Å². The first-order valence-corrected chi connectivity index (χ1v) is 6.01. The first-order chi connectivity index (χ1) is 7.54. The standard InChI is InChI=1S/C9H14N4O2S/c1-6(16-2)5-11-8-4-3-7(13(14)15)9(10)12-8/h3-4,6H,5H2,1-2H3,(H3,10,11,12). The van der Waals surface area contributed by atoms with E-state index in [1.54, 1.807) is 17.8 Å². The molecule has 0 aliphatic rings. The Bertz CT molecular complexity index is 386. The van der Waals surface area contributed by atoms with Gasteiger partial charge < -0.3 is 11.1 Å². The van der Waals surface area contributed by atoms with Crippen molar-refractivity contribution in [2.24, 2.45) is 0 Å². The Morgan fingerprint density at radius 1 is 1.69 bits per heavy atom. The first kappa shape index (κ1) is 12.6. The Hall–Kier alpha value is -1.50. The topological polar surface area (TPSA) is 94.1 Å². The maximum atomic E-state index is 10.5. The van der Waals surface area contributed by atoms with Crippen LogP contribution in [0.15, 0.2) is 12.1 Å². The zero-order valence-electron chi connectivity index (χ0n) is 9.14. The molecule has 16 heavy (non-hydrogen) atoms. The van der Waals surface area contributed by atoms with E-state index < -0.39 is 4.92 Å². The minimum atomic E-state index is -0.545. The van der Waals surface area contributed by atoms with Gasteiger partial charge in [0.25, 0.3) is 0 Å². The van der Waals surface area contributed by atoms with Crippen LogP contribution in [0.2, 0.25) is 0 Å². The van der Waals surface area contributed by atoms with E-state index in [0.717, 1.165) is 6.54 Å². The summed E-state index contributed by atoms with van der Waals surface area (Å²) in [4.78, 5) is 13.9. The Morgan fingerprint density at radius 2 is 2.38 bits per heavy atom. The maximum absolute atomic E-state index is 10.5. The average Bonchev–Trinajstić information content (AvgIpc) is 2.25. The molecule has 0 saturated heterocycles. The predicted molar refractivity (Wildman–Crippen MR) is 66.8 cm³/mol. The van der Waals surface area contributed by atoms with Crippen molar-refractivity contribution in [3.63, 3.8) is 0 Å². The number of anilines is 2. The van der Waals surface area contributed by atoms with E-state index in [2.05, 4.69) is 17.2 Å². The van der Waals surface area contributed by atoms with Gasteiger partial charge in [-0.3, -0.25) is 10.1 Å². The molecule has 0 bridgehead atoms. The molecule has 88 valence electrons. The average molecular weight is 242 g/mol. The second-order valence-corrected chi connectivity index (χ2v) is 4.56. The first-order valence-electron chi connectivity index (χ1n) is 4.72. The molecule has 0 aliphatic heterocycles. The van der Waals surface area contributed by atoms with Crippen molar-refractivity contribution < 1.29 is 4.92 Å². The van der Waals surface area contributed by atoms with E-state index in [-0.39, 0.29) is 11.5 Å². The van der Waals surface area contributed by atoms with Gasteiger partial charge in [0.1, 0.15) is 5.82 Å². The maximum Gasteiger partial charge on any atom is 0.311 e. The number of nitrogens with one attached hydrogen (secondary N) is 1. The minimum Gasteiger partial charge on any atom is -0.378 e. The molecule has 1 unspecified atom stereocenters. The lowest BCUT2D eigenvalue weighted by Crippen LogP contribution is -2.14. The quantitative estimate of drug-likeness (QED) is 0.603. The summed E-state index contributed by atoms with van der Waals surface area (Å²) in [6, 6.07) is 2.91. The lowest BCUT2D eigenvalue weighted by Gasteiger charge is -2.10. The second kappa shape index (κ2) is 5.55. The Kier molecular flexibility index (Phi) is 4.36. The number of hydrogen-bond acceptors (Lipinski definition) is 6. The van der Waals surface area contributed by atoms with Crippen molar-refractivity contribution in [3.8, 4) is 0 Å². The zero-order valence-corrected chi connectivity index (χ0v) is 9.95. The third-order valence-electron chi connectivity index (χ3n) is 2.07. The normalized spacial score (nSPS) is 12.1. The molecule has 0 spiro atoms. The highest BCUT2D eigenvalue weighted by Crippen LogP contribution is 2.20. The number of hydrogen-bond donors (Lipinski definition) is 2. The molecule has 1 atom stereocenters. The van der Waals surface area contributed by atoms with Gasteiger partial charge in [-0.1, -0.05) is 6.92 Å². The summed E-state index contributed by atoms with van der Waals surface area (Å²) >= 11 is 1.73. The van der Waals surface area contributed by atoms with Crippen molar-refractivity contribution in [1.29, 1.82) is 0 Å². The molecule has 1 rings (SSSR count). The molecule has 1 aromatic heterocycles. The number of nitro groups is 1. The van der Waals surface area contributed by atoms with Gasteiger partial charge in [0, 0.05) is 17.9 Å². The van der Waals surface area contributed by atoms with Gasteiger partial charge in [-0.05, 0) is 12.3 Å². The van der Waals surface area contributed by atoms with Crippen molar-refractivity contribution in [2.45, 2.75) is 12.2 Å². The summed E-state index contributed by atoms with van der Waals surface area (Å²) in [6.07, 6.45) is 2.02. The van der Waals surface area contributed by atoms with E-state index in [4.69, 9.17) is 5.73 Å². The Morgan fingerprint density at radius 3 is 2.88 bits per heavy atom. The van der Waals surface area contributed by atoms with Gasteiger partial charge in [-0.15, -0.1) is 0 Å². The summed E-state index contributed by atoms with van der Waals surface area (Å²) in [6.45, 7) is 2.82. The van der Waals surface area contributed by atoms with Crippen LogP contribution in [0.4, 0.5) is 17.3 Å². The number of aromatic nitrogens is 1. The van der Waals surface area contributed by atoms with Gasteiger partial charge in [-0.25, -0.2) is 4.98 Å². The highest BCUT2D eigenvalue weighted by atomic mass is 32.2. The van der Waals surface area contributed by atoms with E-state index >= 15 is 0 Å². The molecular weight excluding hydrogens is 228 g/mol. The van der Waals surface area contributed by atoms with Crippen molar-refractivity contribution in [3.05, 3.63) is 22.2 Å². The van der Waals surface area contributed by atoms with Crippen molar-refractivity contribution >= 4 is 29.1 Å². The SMILES string of the molecule is CSC(C)CNc1ccc([N+](=O)[O-])c(N)n1. The van der Waals surface area contributed by atoms with Crippen molar-refractivity contribution in [2.75, 3.05) is 23.9 Å². The van der Waals surface area contributed by atoms with Crippen LogP contribution in [0.5, 0.6) is 0 Å². The van der Waals surface area contributed by atoms with Crippen LogP contribution in [-0.2, 0) is 0 Å². The molecule has 0 saturated carbocycles. The summed E-state index contributed by atoms with van der Waals surface area (Å²) in [5.41, 5.74) is 5.30. The van der Waals surface area contributed by atoms with Gasteiger partial charge in [0.2, 0.25) is 5.82 Å². The second-order valence-electron chi connectivity index (χ2n) is 3.29. The smallest absolute Gasteiger partial charge is 0.311 e. The van der Waals surface area contributed by atoms with Gasteiger partial charge in [0.05, 0.1) is 4.92 Å². The molecular formula is C9H14N4O2S. The van der Waals surface area contributed by atoms with E-state index in [0.29, 0.717) is 11.1 Å². The van der Waals surface area contributed by atoms with Crippen LogP contribution >= 0.6 is 11.8 Å². The van der Waals surface area contributed by atoms with Crippen LogP contribution in [-0.4, -0.2) is 28.0 Å². The third kappa shape index (κ3) is 3.27. The fraction of sp³-hybridized carbons (Fsp3) is 0.444. The predicted octanol–water partition coefficient (Wildman–Crippen LogP) is 1.74. The van der Waals surface area contributed by atoms with E-state index in [1.807, 2.05) is 6.26 Å². The summed E-state index contributed by atoms with van der Waals surface area (Å²) in [5.74, 6) is 0.496. The van der Waals surface area contributed by atoms with E-state index in [1.165, 1.54) is 6.07 Å². The molecule has 7 heteroatoms. The third-order valence-corrected chi connectivity index (χ3v) is 3.04. The fourth-order valence-corrected chi connectivity index (χ4v) is 1.30. The van der Waals surface area contributed by atoms with Crippen LogP contribution in [0, 0.1) is 10.1 Å². The van der Waals surface area contributed by atoms with Gasteiger partial charge >= 0.3 is 5.69 Å². The molecule has 0 aromatic carbocycles. The van der Waals surface area contributed by atoms with Crippen LogP contribution < -0.4 is 11.1 Å². The lowest BCUT2D eigenvalue weighted by molar-refractivity contribution is -0.384. The molecule has 0 fully saturated rings. The van der Waals surface area contributed by atoms with E-state index in [9.17, 15) is 10.1 Å². The lowest BCUT2D eigenvalue weighted by atomic mass is 10.3. The minimum absolute atomic E-state index is 0.0631. The largest absolute Gasteiger partial charge is 0.378 e. The molecule has 1 heterocycles. The number of thioether (sulfide) groups is 1. The van der Waals surface area contributed by atoms with Crippen LogP contribution in [0.3, 0.4) is 0 Å². The summed E-state index contributed by atoms with van der Waals surface area (Å²) < 4.78 is 0.